The zero-order valence-corrected chi connectivity index (χ0v) is 7.63. The van der Waals surface area contributed by atoms with E-state index >= 15 is 0 Å². The number of fused-ring (bicyclic) bond motifs is 1. The van der Waals surface area contributed by atoms with Gasteiger partial charge in [0.1, 0.15) is 0 Å². The van der Waals surface area contributed by atoms with E-state index in [1.165, 1.54) is 5.56 Å². The van der Waals surface area contributed by atoms with Crippen molar-refractivity contribution in [1.82, 2.24) is 10.3 Å². The smallest absolute Gasteiger partial charge is 0.161 e. The molecule has 3 nitrogen and oxygen atoms in total. The molecule has 68 valence electrons. The second-order valence-electron chi connectivity index (χ2n) is 3.31. The molecule has 0 radical (unpaired) electrons. The van der Waals surface area contributed by atoms with Gasteiger partial charge in [0.2, 0.25) is 0 Å². The second-order valence-corrected chi connectivity index (χ2v) is 3.31. The van der Waals surface area contributed by atoms with Crippen molar-refractivity contribution < 1.29 is 4.79 Å². The summed E-state index contributed by atoms with van der Waals surface area (Å²) in [6.45, 7) is 3.38. The SMILES string of the molecule is CC(=O)c1cnc2c(c1)CCNC2. The van der Waals surface area contributed by atoms with Crippen LogP contribution in [0.3, 0.4) is 0 Å². The highest BCUT2D eigenvalue weighted by molar-refractivity contribution is 5.93. The van der Waals surface area contributed by atoms with Crippen LogP contribution in [0, 0.1) is 0 Å². The maximum Gasteiger partial charge on any atom is 0.161 e. The molecule has 1 aromatic rings. The maximum atomic E-state index is 11.1. The Hall–Kier alpha value is -1.22. The minimum Gasteiger partial charge on any atom is -0.311 e. The predicted molar refractivity (Wildman–Crippen MR) is 49.7 cm³/mol. The lowest BCUT2D eigenvalue weighted by molar-refractivity contribution is 0.101. The second kappa shape index (κ2) is 3.26. The van der Waals surface area contributed by atoms with Gasteiger partial charge in [-0.15, -0.1) is 0 Å². The Morgan fingerprint density at radius 3 is 3.23 bits per heavy atom. The lowest BCUT2D eigenvalue weighted by atomic mass is 10.0. The number of aromatic nitrogens is 1. The van der Waals surface area contributed by atoms with Crippen LogP contribution in [0.15, 0.2) is 12.3 Å². The van der Waals surface area contributed by atoms with Crippen LogP contribution in [0.1, 0.15) is 28.5 Å². The molecule has 0 aromatic carbocycles. The molecule has 0 bridgehead atoms. The van der Waals surface area contributed by atoms with Gasteiger partial charge in [-0.1, -0.05) is 0 Å². The summed E-state index contributed by atoms with van der Waals surface area (Å²) in [5, 5.41) is 3.24. The number of rotatable bonds is 1. The highest BCUT2D eigenvalue weighted by Gasteiger charge is 2.11. The molecule has 1 aromatic heterocycles. The molecule has 1 aliphatic rings. The van der Waals surface area contributed by atoms with E-state index in [0.717, 1.165) is 30.8 Å². The van der Waals surface area contributed by atoms with Gasteiger partial charge in [0.15, 0.2) is 5.78 Å². The van der Waals surface area contributed by atoms with Crippen molar-refractivity contribution in [3.05, 3.63) is 29.1 Å². The minimum atomic E-state index is 0.0915. The number of Topliss-reactive ketones (excluding diaryl/α,β-unsaturated/α-hetero) is 1. The lowest BCUT2D eigenvalue weighted by Crippen LogP contribution is -2.24. The van der Waals surface area contributed by atoms with Gasteiger partial charge in [0.25, 0.3) is 0 Å². The Bertz CT molecular complexity index is 347. The van der Waals surface area contributed by atoms with Crippen molar-refractivity contribution in [2.75, 3.05) is 6.54 Å². The van der Waals surface area contributed by atoms with Gasteiger partial charge in [-0.05, 0) is 31.5 Å². The highest BCUT2D eigenvalue weighted by atomic mass is 16.1. The van der Waals surface area contributed by atoms with Gasteiger partial charge in [-0.25, -0.2) is 0 Å². The fraction of sp³-hybridized carbons (Fsp3) is 0.400. The topological polar surface area (TPSA) is 42.0 Å². The van der Waals surface area contributed by atoms with E-state index in [4.69, 9.17) is 0 Å². The molecule has 0 saturated carbocycles. The Labute approximate surface area is 77.2 Å². The molecular weight excluding hydrogens is 164 g/mol. The molecule has 2 rings (SSSR count). The van der Waals surface area contributed by atoms with Gasteiger partial charge in [-0.3, -0.25) is 9.78 Å². The van der Waals surface area contributed by atoms with Crippen LogP contribution in [0.25, 0.3) is 0 Å². The number of carbonyl (C=O) groups is 1. The summed E-state index contributed by atoms with van der Waals surface area (Å²) in [5.41, 5.74) is 3.02. The third-order valence-electron chi connectivity index (χ3n) is 2.33. The summed E-state index contributed by atoms with van der Waals surface area (Å²) in [7, 11) is 0. The van der Waals surface area contributed by atoms with Crippen LogP contribution in [0.4, 0.5) is 0 Å². The molecule has 0 saturated heterocycles. The molecule has 0 amide bonds. The monoisotopic (exact) mass is 176 g/mol. The first-order valence-corrected chi connectivity index (χ1v) is 4.47. The van der Waals surface area contributed by atoms with Crippen LogP contribution >= 0.6 is 0 Å². The van der Waals surface area contributed by atoms with Crippen molar-refractivity contribution >= 4 is 5.78 Å². The first kappa shape index (κ1) is 8.38. The van der Waals surface area contributed by atoms with Crippen LogP contribution in [0.2, 0.25) is 0 Å². The highest BCUT2D eigenvalue weighted by Crippen LogP contribution is 2.13. The molecular formula is C10H12N2O. The number of hydrogen-bond donors (Lipinski definition) is 1. The zero-order valence-electron chi connectivity index (χ0n) is 7.63. The molecule has 1 aliphatic heterocycles. The first-order chi connectivity index (χ1) is 6.27. The van der Waals surface area contributed by atoms with E-state index in [9.17, 15) is 4.79 Å². The summed E-state index contributed by atoms with van der Waals surface area (Å²) >= 11 is 0. The Kier molecular flexibility index (Phi) is 2.10. The number of nitrogens with zero attached hydrogens (tertiary/aromatic N) is 1. The summed E-state index contributed by atoms with van der Waals surface area (Å²) in [4.78, 5) is 15.3. The number of nitrogens with one attached hydrogen (secondary N) is 1. The Morgan fingerprint density at radius 2 is 2.46 bits per heavy atom. The van der Waals surface area contributed by atoms with E-state index < -0.39 is 0 Å². The van der Waals surface area contributed by atoms with E-state index in [1.807, 2.05) is 6.07 Å². The molecule has 13 heavy (non-hydrogen) atoms. The van der Waals surface area contributed by atoms with Crippen LogP contribution < -0.4 is 5.32 Å². The van der Waals surface area contributed by atoms with E-state index in [1.54, 1.807) is 13.1 Å². The van der Waals surface area contributed by atoms with Crippen molar-refractivity contribution in [1.29, 1.82) is 0 Å². The summed E-state index contributed by atoms with van der Waals surface area (Å²) in [6.07, 6.45) is 2.64. The average molecular weight is 176 g/mol. The van der Waals surface area contributed by atoms with Gasteiger partial charge >= 0.3 is 0 Å². The van der Waals surface area contributed by atoms with Gasteiger partial charge in [-0.2, -0.15) is 0 Å². The molecule has 3 heteroatoms. The zero-order chi connectivity index (χ0) is 9.26. The van der Waals surface area contributed by atoms with E-state index in [2.05, 4.69) is 10.3 Å². The number of hydrogen-bond acceptors (Lipinski definition) is 3. The normalized spacial score (nSPS) is 15.2. The third kappa shape index (κ3) is 1.60. The lowest BCUT2D eigenvalue weighted by Gasteiger charge is -2.15. The maximum absolute atomic E-state index is 11.1. The quantitative estimate of drug-likeness (QED) is 0.647. The Morgan fingerprint density at radius 1 is 1.62 bits per heavy atom. The minimum absolute atomic E-state index is 0.0915. The van der Waals surface area contributed by atoms with Crippen molar-refractivity contribution in [3.63, 3.8) is 0 Å². The molecule has 0 fully saturated rings. The van der Waals surface area contributed by atoms with Crippen molar-refractivity contribution in [2.24, 2.45) is 0 Å². The Balaban J connectivity index is 2.40. The first-order valence-electron chi connectivity index (χ1n) is 4.47. The molecule has 0 spiro atoms. The molecule has 0 unspecified atom stereocenters. The van der Waals surface area contributed by atoms with Crippen molar-refractivity contribution in [3.8, 4) is 0 Å². The van der Waals surface area contributed by atoms with Gasteiger partial charge in [0, 0.05) is 18.3 Å². The summed E-state index contributed by atoms with van der Waals surface area (Å²) in [6, 6.07) is 1.96. The van der Waals surface area contributed by atoms with Crippen LogP contribution in [0.5, 0.6) is 0 Å². The van der Waals surface area contributed by atoms with Gasteiger partial charge < -0.3 is 5.32 Å². The number of pyridine rings is 1. The molecule has 2 heterocycles. The predicted octanol–water partition coefficient (Wildman–Crippen LogP) is 0.930. The molecule has 1 N–H and O–H groups in total. The number of ketones is 1. The van der Waals surface area contributed by atoms with E-state index in [-0.39, 0.29) is 5.78 Å². The van der Waals surface area contributed by atoms with E-state index in [0.29, 0.717) is 0 Å². The van der Waals surface area contributed by atoms with Crippen molar-refractivity contribution in [2.45, 2.75) is 19.9 Å². The van der Waals surface area contributed by atoms with Crippen LogP contribution in [-0.4, -0.2) is 17.3 Å². The largest absolute Gasteiger partial charge is 0.311 e. The fourth-order valence-corrected chi connectivity index (χ4v) is 1.54. The fourth-order valence-electron chi connectivity index (χ4n) is 1.54. The van der Waals surface area contributed by atoms with Crippen LogP contribution in [-0.2, 0) is 13.0 Å². The average Bonchev–Trinajstić information content (AvgIpc) is 2.17. The third-order valence-corrected chi connectivity index (χ3v) is 2.33. The number of carbonyl (C=O) groups excluding carboxylic acids is 1. The molecule has 0 atom stereocenters. The standard InChI is InChI=1S/C10H12N2O/c1-7(13)9-4-8-2-3-11-6-10(8)12-5-9/h4-5,11H,2-3,6H2,1H3. The molecule has 0 aliphatic carbocycles. The summed E-state index contributed by atoms with van der Waals surface area (Å²) < 4.78 is 0. The summed E-state index contributed by atoms with van der Waals surface area (Å²) in [5.74, 6) is 0.0915. The van der Waals surface area contributed by atoms with Gasteiger partial charge in [0.05, 0.1) is 5.69 Å².